The molecule has 1 N–H and O–H groups in total. The minimum absolute atomic E-state index is 0.0708. The lowest BCUT2D eigenvalue weighted by Crippen LogP contribution is -2.08. The molecule has 5 nitrogen and oxygen atoms in total. The van der Waals surface area contributed by atoms with Crippen LogP contribution < -0.4 is 0 Å². The van der Waals surface area contributed by atoms with Gasteiger partial charge in [0.15, 0.2) is 0 Å². The number of carboxylic acids is 1. The maximum atomic E-state index is 10.7. The number of nitrogens with zero attached hydrogens (tertiary/aromatic N) is 2. The zero-order valence-electron chi connectivity index (χ0n) is 11.3. The first-order chi connectivity index (χ1) is 9.61. The molecule has 1 heterocycles. The van der Waals surface area contributed by atoms with Crippen molar-refractivity contribution in [2.45, 2.75) is 25.8 Å². The smallest absolute Gasteiger partial charge is 0.303 e. The maximum Gasteiger partial charge on any atom is 0.303 e. The normalized spacial score (nSPS) is 11.1. The number of rotatable bonds is 7. The van der Waals surface area contributed by atoms with Crippen LogP contribution in [0, 0.1) is 0 Å². The molecule has 2 aromatic rings. The average Bonchev–Trinajstić information content (AvgIpc) is 2.74. The van der Waals surface area contributed by atoms with Gasteiger partial charge in [-0.05, 0) is 24.6 Å². The van der Waals surface area contributed by atoms with Crippen LogP contribution in [0.4, 0.5) is 0 Å². The Morgan fingerprint density at radius 2 is 2.30 bits per heavy atom. The third-order valence-electron chi connectivity index (χ3n) is 3.08. The summed E-state index contributed by atoms with van der Waals surface area (Å²) in [6, 6.07) is 5.51. The zero-order chi connectivity index (χ0) is 14.5. The van der Waals surface area contributed by atoms with Gasteiger partial charge in [-0.15, -0.1) is 0 Å². The van der Waals surface area contributed by atoms with Crippen LogP contribution in [0.5, 0.6) is 0 Å². The fraction of sp³-hybridized carbons (Fsp3) is 0.429. The molecular weight excluding hydrogens is 280 g/mol. The Bertz CT molecular complexity index is 610. The summed E-state index contributed by atoms with van der Waals surface area (Å²) in [6.07, 6.45) is 1.32. The van der Waals surface area contributed by atoms with Crippen molar-refractivity contribution in [2.75, 3.05) is 13.7 Å². The highest BCUT2D eigenvalue weighted by molar-refractivity contribution is 6.31. The van der Waals surface area contributed by atoms with Crippen molar-refractivity contribution in [1.29, 1.82) is 0 Å². The van der Waals surface area contributed by atoms with E-state index >= 15 is 0 Å². The highest BCUT2D eigenvalue weighted by atomic mass is 35.5. The van der Waals surface area contributed by atoms with Crippen molar-refractivity contribution in [1.82, 2.24) is 9.55 Å². The van der Waals surface area contributed by atoms with Crippen LogP contribution in [0.2, 0.25) is 5.02 Å². The Morgan fingerprint density at radius 3 is 3.00 bits per heavy atom. The quantitative estimate of drug-likeness (QED) is 0.798. The van der Waals surface area contributed by atoms with Crippen molar-refractivity contribution in [3.63, 3.8) is 0 Å². The van der Waals surface area contributed by atoms with Crippen molar-refractivity contribution in [3.8, 4) is 0 Å². The number of carbonyl (C=O) groups is 1. The van der Waals surface area contributed by atoms with Gasteiger partial charge >= 0.3 is 5.97 Å². The largest absolute Gasteiger partial charge is 0.481 e. The Morgan fingerprint density at radius 1 is 1.50 bits per heavy atom. The molecule has 0 fully saturated rings. The molecule has 0 saturated heterocycles. The van der Waals surface area contributed by atoms with Gasteiger partial charge in [0.05, 0.1) is 17.5 Å². The lowest BCUT2D eigenvalue weighted by molar-refractivity contribution is -0.137. The standard InChI is InChI=1S/C14H17ClN2O3/c1-20-8-2-7-17-12-9-10(15)3-4-11(12)16-13(17)5-6-14(18)19/h3-4,9H,2,5-8H2,1H3,(H,18,19). The Hall–Kier alpha value is -1.59. The summed E-state index contributed by atoms with van der Waals surface area (Å²) in [5.74, 6) is -0.0423. The van der Waals surface area contributed by atoms with Crippen LogP contribution in [-0.4, -0.2) is 34.3 Å². The first kappa shape index (κ1) is 14.8. The first-order valence-electron chi connectivity index (χ1n) is 6.47. The average molecular weight is 297 g/mol. The molecule has 108 valence electrons. The van der Waals surface area contributed by atoms with Gasteiger partial charge in [0.2, 0.25) is 0 Å². The van der Waals surface area contributed by atoms with Gasteiger partial charge in [0.25, 0.3) is 0 Å². The third kappa shape index (κ3) is 3.49. The van der Waals surface area contributed by atoms with Crippen molar-refractivity contribution in [2.24, 2.45) is 0 Å². The van der Waals surface area contributed by atoms with E-state index in [1.54, 1.807) is 13.2 Å². The van der Waals surface area contributed by atoms with Gasteiger partial charge in [-0.1, -0.05) is 11.6 Å². The number of hydrogen-bond acceptors (Lipinski definition) is 3. The second-order valence-corrected chi connectivity index (χ2v) is 4.99. The molecule has 6 heteroatoms. The maximum absolute atomic E-state index is 10.7. The number of aromatic nitrogens is 2. The number of fused-ring (bicyclic) bond motifs is 1. The molecule has 0 amide bonds. The van der Waals surface area contributed by atoms with E-state index in [0.717, 1.165) is 29.8 Å². The molecule has 0 spiro atoms. The summed E-state index contributed by atoms with van der Waals surface area (Å²) in [5.41, 5.74) is 1.78. The minimum atomic E-state index is -0.821. The summed E-state index contributed by atoms with van der Waals surface area (Å²) < 4.78 is 7.09. The summed E-state index contributed by atoms with van der Waals surface area (Å²) in [5, 5.41) is 9.47. The van der Waals surface area contributed by atoms with Crippen LogP contribution >= 0.6 is 11.6 Å². The van der Waals surface area contributed by atoms with Crippen LogP contribution in [-0.2, 0) is 22.5 Å². The molecule has 0 saturated carbocycles. The fourth-order valence-electron chi connectivity index (χ4n) is 2.17. The van der Waals surface area contributed by atoms with E-state index in [2.05, 4.69) is 4.98 Å². The van der Waals surface area contributed by atoms with Crippen LogP contribution in [0.25, 0.3) is 11.0 Å². The molecule has 0 atom stereocenters. The number of aliphatic carboxylic acids is 1. The van der Waals surface area contributed by atoms with E-state index in [1.807, 2.05) is 16.7 Å². The lowest BCUT2D eigenvalue weighted by Gasteiger charge is -2.08. The first-order valence-corrected chi connectivity index (χ1v) is 6.85. The Balaban J connectivity index is 2.32. The number of ether oxygens (including phenoxy) is 1. The summed E-state index contributed by atoms with van der Waals surface area (Å²) in [7, 11) is 1.66. The van der Waals surface area contributed by atoms with E-state index < -0.39 is 5.97 Å². The highest BCUT2D eigenvalue weighted by Crippen LogP contribution is 2.22. The number of methoxy groups -OCH3 is 1. The van der Waals surface area contributed by atoms with E-state index in [-0.39, 0.29) is 6.42 Å². The van der Waals surface area contributed by atoms with Gasteiger partial charge < -0.3 is 14.4 Å². The minimum Gasteiger partial charge on any atom is -0.481 e. The number of imidazole rings is 1. The van der Waals surface area contributed by atoms with Crippen LogP contribution in [0.1, 0.15) is 18.7 Å². The summed E-state index contributed by atoms with van der Waals surface area (Å²) in [6.45, 7) is 1.39. The molecule has 1 aromatic carbocycles. The lowest BCUT2D eigenvalue weighted by atomic mass is 10.3. The van der Waals surface area contributed by atoms with Crippen LogP contribution in [0.3, 0.4) is 0 Å². The van der Waals surface area contributed by atoms with E-state index in [1.165, 1.54) is 0 Å². The number of benzene rings is 1. The van der Waals surface area contributed by atoms with Crippen molar-refractivity contribution in [3.05, 3.63) is 29.0 Å². The van der Waals surface area contributed by atoms with Crippen LogP contribution in [0.15, 0.2) is 18.2 Å². The predicted octanol–water partition coefficient (Wildman–Crippen LogP) is 2.74. The SMILES string of the molecule is COCCCn1c(CCC(=O)O)nc2ccc(Cl)cc21. The predicted molar refractivity (Wildman–Crippen MR) is 77.2 cm³/mol. The van der Waals surface area contributed by atoms with E-state index in [0.29, 0.717) is 18.1 Å². The van der Waals surface area contributed by atoms with Gasteiger partial charge in [-0.2, -0.15) is 0 Å². The Labute approximate surface area is 122 Å². The van der Waals surface area contributed by atoms with E-state index in [9.17, 15) is 4.79 Å². The van der Waals surface area contributed by atoms with Gasteiger partial charge in [0.1, 0.15) is 5.82 Å². The molecule has 1 aromatic heterocycles. The number of carboxylic acid groups (broad SMARTS) is 1. The fourth-order valence-corrected chi connectivity index (χ4v) is 2.34. The van der Waals surface area contributed by atoms with Gasteiger partial charge in [0, 0.05) is 31.7 Å². The van der Waals surface area contributed by atoms with Gasteiger partial charge in [-0.3, -0.25) is 4.79 Å². The number of aryl methyl sites for hydroxylation is 2. The monoisotopic (exact) mass is 296 g/mol. The topological polar surface area (TPSA) is 64.3 Å². The molecular formula is C14H17ClN2O3. The molecule has 0 bridgehead atoms. The summed E-state index contributed by atoms with van der Waals surface area (Å²) >= 11 is 6.03. The third-order valence-corrected chi connectivity index (χ3v) is 3.32. The van der Waals surface area contributed by atoms with Gasteiger partial charge in [-0.25, -0.2) is 4.98 Å². The second kappa shape index (κ2) is 6.72. The summed E-state index contributed by atoms with van der Waals surface area (Å²) in [4.78, 5) is 15.2. The number of halogens is 1. The molecule has 0 aliphatic heterocycles. The molecule has 2 rings (SSSR count). The van der Waals surface area contributed by atoms with Crippen molar-refractivity contribution >= 4 is 28.6 Å². The number of hydrogen-bond donors (Lipinski definition) is 1. The molecule has 0 aliphatic carbocycles. The second-order valence-electron chi connectivity index (χ2n) is 4.55. The molecule has 0 unspecified atom stereocenters. The molecule has 0 aliphatic rings. The Kier molecular flexibility index (Phi) is 4.98. The van der Waals surface area contributed by atoms with Crippen molar-refractivity contribution < 1.29 is 14.6 Å². The molecule has 0 radical (unpaired) electrons. The zero-order valence-corrected chi connectivity index (χ0v) is 12.1. The highest BCUT2D eigenvalue weighted by Gasteiger charge is 2.12. The molecule has 20 heavy (non-hydrogen) atoms. The van der Waals surface area contributed by atoms with E-state index in [4.69, 9.17) is 21.4 Å².